The number of carbonyl (C=O) groups is 1. The van der Waals surface area contributed by atoms with Crippen LogP contribution >= 0.6 is 0 Å². The number of carboxylic acid groups (broad SMARTS) is 1. The second-order valence-electron chi connectivity index (χ2n) is 1.53. The molecule has 3 radical (unpaired) electrons. The van der Waals surface area contributed by atoms with E-state index in [0.29, 0.717) is 0 Å². The minimum atomic E-state index is -1.19. The van der Waals surface area contributed by atoms with Crippen LogP contribution in [-0.4, -0.2) is 19.4 Å². The standard InChI is InChI=1S/C6H5NO2.B.Na/c8-6(9)5-2-1-3-7-4-5;;/h1-4H,(H,8,9);;/q;;+1/p-1. The van der Waals surface area contributed by atoms with Gasteiger partial charge in [0, 0.05) is 26.4 Å². The molecule has 1 aromatic rings. The Morgan fingerprint density at radius 1 is 1.55 bits per heavy atom. The zero-order chi connectivity index (χ0) is 6.69. The summed E-state index contributed by atoms with van der Waals surface area (Å²) in [6.45, 7) is 0. The molecule has 5 heteroatoms. The predicted octanol–water partition coefficient (Wildman–Crippen LogP) is -3.93. The van der Waals surface area contributed by atoms with Crippen molar-refractivity contribution in [2.45, 2.75) is 0 Å². The molecule has 3 nitrogen and oxygen atoms in total. The van der Waals surface area contributed by atoms with Gasteiger partial charge in [0.15, 0.2) is 0 Å². The topological polar surface area (TPSA) is 53.0 Å². The van der Waals surface area contributed by atoms with Crippen molar-refractivity contribution in [2.24, 2.45) is 0 Å². The molecule has 0 spiro atoms. The van der Waals surface area contributed by atoms with Gasteiger partial charge >= 0.3 is 29.6 Å². The second-order valence-corrected chi connectivity index (χ2v) is 1.53. The van der Waals surface area contributed by atoms with Gasteiger partial charge in [-0.25, -0.2) is 0 Å². The van der Waals surface area contributed by atoms with Crippen LogP contribution in [0.4, 0.5) is 0 Å². The summed E-state index contributed by atoms with van der Waals surface area (Å²) in [7, 11) is 0. The summed E-state index contributed by atoms with van der Waals surface area (Å²) in [6, 6.07) is 2.98. The van der Waals surface area contributed by atoms with E-state index in [0.717, 1.165) is 0 Å². The van der Waals surface area contributed by atoms with Crippen molar-refractivity contribution in [3.63, 3.8) is 0 Å². The summed E-state index contributed by atoms with van der Waals surface area (Å²) in [5.41, 5.74) is 0.109. The van der Waals surface area contributed by atoms with Crippen LogP contribution < -0.4 is 34.7 Å². The minimum Gasteiger partial charge on any atom is -0.545 e. The Morgan fingerprint density at radius 3 is 2.45 bits per heavy atom. The number of carboxylic acids is 1. The number of nitrogens with zero attached hydrogens (tertiary/aromatic N) is 1. The van der Waals surface area contributed by atoms with Crippen LogP contribution in [0.1, 0.15) is 10.4 Å². The molecule has 0 aromatic carbocycles. The van der Waals surface area contributed by atoms with Crippen molar-refractivity contribution < 1.29 is 39.5 Å². The maximum atomic E-state index is 10.0. The van der Waals surface area contributed by atoms with Crippen LogP contribution in [0.3, 0.4) is 0 Å². The molecule has 0 aliphatic carbocycles. The summed E-state index contributed by atoms with van der Waals surface area (Å²) < 4.78 is 0. The maximum Gasteiger partial charge on any atom is 1.00 e. The van der Waals surface area contributed by atoms with Crippen molar-refractivity contribution in [1.82, 2.24) is 4.98 Å². The quantitative estimate of drug-likeness (QED) is 0.390. The Morgan fingerprint density at radius 2 is 2.18 bits per heavy atom. The van der Waals surface area contributed by atoms with Crippen LogP contribution in [0, 0.1) is 0 Å². The molecule has 1 aromatic heterocycles. The number of hydrogen-bond donors (Lipinski definition) is 0. The average molecular weight is 156 g/mol. The zero-order valence-electron chi connectivity index (χ0n) is 6.15. The number of pyridine rings is 1. The fourth-order valence-corrected chi connectivity index (χ4v) is 0.484. The number of hydrogen-bond acceptors (Lipinski definition) is 3. The third kappa shape index (κ3) is 4.19. The number of carbonyl (C=O) groups excluding carboxylic acids is 1. The third-order valence-corrected chi connectivity index (χ3v) is 0.897. The predicted molar refractivity (Wildman–Crippen MR) is 34.3 cm³/mol. The first-order valence-electron chi connectivity index (χ1n) is 2.42. The summed E-state index contributed by atoms with van der Waals surface area (Å²) in [4.78, 5) is 13.6. The van der Waals surface area contributed by atoms with E-state index in [9.17, 15) is 9.90 Å². The first kappa shape index (κ1) is 13.3. The molecule has 0 fully saturated rings. The monoisotopic (exact) mass is 156 g/mol. The summed E-state index contributed by atoms with van der Waals surface area (Å²) >= 11 is 0. The Kier molecular flexibility index (Phi) is 7.73. The van der Waals surface area contributed by atoms with E-state index in [4.69, 9.17) is 0 Å². The van der Waals surface area contributed by atoms with Crippen molar-refractivity contribution >= 4 is 14.4 Å². The van der Waals surface area contributed by atoms with Crippen molar-refractivity contribution in [3.05, 3.63) is 30.1 Å². The molecule has 0 N–H and O–H groups in total. The van der Waals surface area contributed by atoms with E-state index >= 15 is 0 Å². The third-order valence-electron chi connectivity index (χ3n) is 0.897. The molecule has 0 atom stereocenters. The molecule has 0 aliphatic heterocycles. The average Bonchev–Trinajstić information content (AvgIpc) is 1.90. The summed E-state index contributed by atoms with van der Waals surface area (Å²) in [5, 5.41) is 10.0. The number of rotatable bonds is 1. The van der Waals surface area contributed by atoms with Gasteiger partial charge in [0.1, 0.15) is 0 Å². The van der Waals surface area contributed by atoms with Gasteiger partial charge in [-0.2, -0.15) is 0 Å². The minimum absolute atomic E-state index is 0. The van der Waals surface area contributed by atoms with Crippen LogP contribution in [-0.2, 0) is 0 Å². The van der Waals surface area contributed by atoms with Gasteiger partial charge in [-0.3, -0.25) is 4.98 Å². The molecule has 11 heavy (non-hydrogen) atoms. The van der Waals surface area contributed by atoms with Gasteiger partial charge in [-0.15, -0.1) is 0 Å². The molecule has 0 aliphatic rings. The summed E-state index contributed by atoms with van der Waals surface area (Å²) in [6.07, 6.45) is 2.75. The van der Waals surface area contributed by atoms with Crippen molar-refractivity contribution in [1.29, 1.82) is 0 Å². The van der Waals surface area contributed by atoms with Crippen LogP contribution in [0.5, 0.6) is 0 Å². The fraction of sp³-hybridized carbons (Fsp3) is 0. The van der Waals surface area contributed by atoms with E-state index in [1.165, 1.54) is 18.5 Å². The Hall–Kier alpha value is -0.315. The molecule has 1 rings (SSSR count). The van der Waals surface area contributed by atoms with Gasteiger partial charge < -0.3 is 9.90 Å². The second kappa shape index (κ2) is 6.40. The fourth-order valence-electron chi connectivity index (χ4n) is 0.484. The SMILES string of the molecule is O=C([O-])c1cccnc1.[B].[Na+]. The molecule has 49 valence electrons. The Balaban J connectivity index is 0. The first-order valence-corrected chi connectivity index (χ1v) is 2.42. The Bertz CT molecular complexity index is 217. The normalized spacial score (nSPS) is 7.27. The molecular weight excluding hydrogens is 152 g/mol. The van der Waals surface area contributed by atoms with Crippen molar-refractivity contribution in [3.8, 4) is 0 Å². The van der Waals surface area contributed by atoms with Gasteiger partial charge in [0.05, 0.1) is 5.97 Å². The van der Waals surface area contributed by atoms with E-state index in [-0.39, 0.29) is 43.5 Å². The number of aromatic carboxylic acids is 1. The zero-order valence-corrected chi connectivity index (χ0v) is 8.15. The smallest absolute Gasteiger partial charge is 0.545 e. The van der Waals surface area contributed by atoms with Gasteiger partial charge in [-0.1, -0.05) is 6.07 Å². The van der Waals surface area contributed by atoms with E-state index in [1.807, 2.05) is 0 Å². The molecule has 0 unspecified atom stereocenters. The summed E-state index contributed by atoms with van der Waals surface area (Å²) in [5.74, 6) is -1.19. The maximum absolute atomic E-state index is 10.0. The number of aromatic nitrogens is 1. The molecule has 1 heterocycles. The molecule has 0 bridgehead atoms. The molecule has 0 saturated heterocycles. The van der Waals surface area contributed by atoms with Gasteiger partial charge in [0.25, 0.3) is 0 Å². The van der Waals surface area contributed by atoms with Crippen LogP contribution in [0.25, 0.3) is 0 Å². The van der Waals surface area contributed by atoms with Crippen LogP contribution in [0.15, 0.2) is 24.5 Å². The Labute approximate surface area is 88.7 Å². The largest absolute Gasteiger partial charge is 1.00 e. The van der Waals surface area contributed by atoms with Gasteiger partial charge in [0.2, 0.25) is 0 Å². The van der Waals surface area contributed by atoms with E-state index in [2.05, 4.69) is 4.98 Å². The van der Waals surface area contributed by atoms with Crippen LogP contribution in [0.2, 0.25) is 0 Å². The first-order chi connectivity index (χ1) is 4.30. The molecule has 0 saturated carbocycles. The van der Waals surface area contributed by atoms with Crippen molar-refractivity contribution in [2.75, 3.05) is 0 Å². The van der Waals surface area contributed by atoms with E-state index < -0.39 is 5.97 Å². The van der Waals surface area contributed by atoms with E-state index in [1.54, 1.807) is 6.07 Å². The molecule has 0 amide bonds. The molecular formula is C6H4BNNaO2. The van der Waals surface area contributed by atoms with Gasteiger partial charge in [-0.05, 0) is 6.07 Å².